The Labute approximate surface area is 126 Å². The molecule has 0 saturated carbocycles. The van der Waals surface area contributed by atoms with Crippen LogP contribution in [0.1, 0.15) is 32.3 Å². The average molecular weight is 292 g/mol. The Hall–Kier alpha value is -1.88. The molecule has 0 saturated heterocycles. The molecule has 1 aromatic carbocycles. The maximum absolute atomic E-state index is 11.9. The van der Waals surface area contributed by atoms with Crippen molar-refractivity contribution in [1.29, 1.82) is 0 Å². The molecule has 0 heterocycles. The lowest BCUT2D eigenvalue weighted by Gasteiger charge is -2.15. The van der Waals surface area contributed by atoms with E-state index in [0.29, 0.717) is 12.5 Å². The fourth-order valence-electron chi connectivity index (χ4n) is 1.90. The molecule has 21 heavy (non-hydrogen) atoms. The number of carbonyl (C=O) groups is 2. The van der Waals surface area contributed by atoms with E-state index in [1.165, 1.54) is 5.56 Å². The molecule has 1 rings (SSSR count). The van der Waals surface area contributed by atoms with Crippen molar-refractivity contribution in [1.82, 2.24) is 4.90 Å². The zero-order chi connectivity index (χ0) is 15.8. The molecule has 1 N–H and O–H groups in total. The minimum Gasteiger partial charge on any atom is -0.465 e. The normalized spacial score (nSPS) is 10.8. The largest absolute Gasteiger partial charge is 0.465 e. The van der Waals surface area contributed by atoms with E-state index in [1.807, 2.05) is 24.3 Å². The molecule has 0 aliphatic heterocycles. The van der Waals surface area contributed by atoms with Gasteiger partial charge in [0.25, 0.3) is 0 Å². The van der Waals surface area contributed by atoms with Gasteiger partial charge in [-0.05, 0) is 37.6 Å². The van der Waals surface area contributed by atoms with Gasteiger partial charge in [-0.25, -0.2) is 0 Å². The lowest BCUT2D eigenvalue weighted by molar-refractivity contribution is -0.144. The van der Waals surface area contributed by atoms with Crippen LogP contribution in [0.15, 0.2) is 24.3 Å². The molecule has 0 bridgehead atoms. The molecule has 0 aromatic heterocycles. The van der Waals surface area contributed by atoms with Gasteiger partial charge < -0.3 is 10.1 Å². The molecule has 0 spiro atoms. The topological polar surface area (TPSA) is 58.6 Å². The summed E-state index contributed by atoms with van der Waals surface area (Å²) >= 11 is 0. The van der Waals surface area contributed by atoms with E-state index in [9.17, 15) is 9.59 Å². The number of rotatable bonds is 7. The summed E-state index contributed by atoms with van der Waals surface area (Å²) in [6.45, 7) is 6.56. The molecule has 0 aliphatic rings. The van der Waals surface area contributed by atoms with Crippen LogP contribution in [0.2, 0.25) is 0 Å². The second-order valence-electron chi connectivity index (χ2n) is 5.31. The Bertz CT molecular complexity index is 486. The van der Waals surface area contributed by atoms with Gasteiger partial charge in [-0.2, -0.15) is 0 Å². The molecule has 0 unspecified atom stereocenters. The number of nitrogens with one attached hydrogen (secondary N) is 1. The van der Waals surface area contributed by atoms with E-state index in [-0.39, 0.29) is 25.0 Å². The lowest BCUT2D eigenvalue weighted by atomic mass is 10.0. The molecule has 1 amide bonds. The van der Waals surface area contributed by atoms with Gasteiger partial charge in [0.05, 0.1) is 19.7 Å². The summed E-state index contributed by atoms with van der Waals surface area (Å²) in [6.07, 6.45) is 0. The predicted octanol–water partition coefficient (Wildman–Crippen LogP) is 2.24. The summed E-state index contributed by atoms with van der Waals surface area (Å²) in [4.78, 5) is 24.9. The second-order valence-corrected chi connectivity index (χ2v) is 5.31. The van der Waals surface area contributed by atoms with Crippen LogP contribution < -0.4 is 5.32 Å². The van der Waals surface area contributed by atoms with Gasteiger partial charge >= 0.3 is 5.97 Å². The van der Waals surface area contributed by atoms with Gasteiger partial charge in [0.2, 0.25) is 5.91 Å². The van der Waals surface area contributed by atoms with E-state index in [2.05, 4.69) is 19.2 Å². The molecule has 0 aliphatic carbocycles. The Morgan fingerprint density at radius 1 is 1.29 bits per heavy atom. The van der Waals surface area contributed by atoms with Crippen molar-refractivity contribution in [3.63, 3.8) is 0 Å². The first kappa shape index (κ1) is 17.2. The first-order valence-electron chi connectivity index (χ1n) is 7.16. The van der Waals surface area contributed by atoms with Crippen LogP contribution in [0.4, 0.5) is 5.69 Å². The van der Waals surface area contributed by atoms with Crippen molar-refractivity contribution >= 4 is 17.6 Å². The van der Waals surface area contributed by atoms with Crippen LogP contribution in [0.25, 0.3) is 0 Å². The van der Waals surface area contributed by atoms with Gasteiger partial charge in [0.1, 0.15) is 0 Å². The third-order valence-corrected chi connectivity index (χ3v) is 2.95. The number of amides is 1. The highest BCUT2D eigenvalue weighted by molar-refractivity contribution is 5.92. The standard InChI is InChI=1S/C16H24N2O3/c1-5-21-16(20)11-18(4)10-15(19)17-14-8-6-7-13(9-14)12(2)3/h6-9,12H,5,10-11H2,1-4H3,(H,17,19). The lowest BCUT2D eigenvalue weighted by Crippen LogP contribution is -2.34. The fraction of sp³-hybridized carbons (Fsp3) is 0.500. The van der Waals surface area contributed by atoms with Crippen LogP contribution in [0.5, 0.6) is 0 Å². The number of hydrogen-bond acceptors (Lipinski definition) is 4. The van der Waals surface area contributed by atoms with Crippen LogP contribution in [-0.4, -0.2) is 43.5 Å². The second kappa shape index (κ2) is 8.42. The van der Waals surface area contributed by atoms with Gasteiger partial charge in [-0.3, -0.25) is 14.5 Å². The van der Waals surface area contributed by atoms with Crippen LogP contribution in [-0.2, 0) is 14.3 Å². The van der Waals surface area contributed by atoms with Crippen molar-refractivity contribution in [2.24, 2.45) is 0 Å². The van der Waals surface area contributed by atoms with Crippen molar-refractivity contribution in [2.75, 3.05) is 32.1 Å². The number of esters is 1. The summed E-state index contributed by atoms with van der Waals surface area (Å²) in [6, 6.07) is 7.78. The monoisotopic (exact) mass is 292 g/mol. The van der Waals surface area contributed by atoms with Crippen molar-refractivity contribution in [2.45, 2.75) is 26.7 Å². The Morgan fingerprint density at radius 2 is 2.00 bits per heavy atom. The number of anilines is 1. The number of ether oxygens (including phenoxy) is 1. The molecule has 0 radical (unpaired) electrons. The Morgan fingerprint density at radius 3 is 2.62 bits per heavy atom. The number of carbonyl (C=O) groups excluding carboxylic acids is 2. The highest BCUT2D eigenvalue weighted by atomic mass is 16.5. The number of likely N-dealkylation sites (N-methyl/N-ethyl adjacent to an activating group) is 1. The number of benzene rings is 1. The molecular weight excluding hydrogens is 268 g/mol. The fourth-order valence-corrected chi connectivity index (χ4v) is 1.90. The Kier molecular flexibility index (Phi) is 6.88. The van der Waals surface area contributed by atoms with E-state index in [0.717, 1.165) is 5.69 Å². The molecular formula is C16H24N2O3. The zero-order valence-electron chi connectivity index (χ0n) is 13.2. The minimum atomic E-state index is -0.324. The quantitative estimate of drug-likeness (QED) is 0.783. The summed E-state index contributed by atoms with van der Waals surface area (Å²) < 4.78 is 4.84. The number of nitrogens with zero attached hydrogens (tertiary/aromatic N) is 1. The molecule has 0 fully saturated rings. The van der Waals surface area contributed by atoms with Crippen LogP contribution in [0, 0.1) is 0 Å². The summed E-state index contributed by atoms with van der Waals surface area (Å²) in [7, 11) is 1.71. The van der Waals surface area contributed by atoms with Gasteiger partial charge in [-0.15, -0.1) is 0 Å². The Balaban J connectivity index is 2.50. The summed E-state index contributed by atoms with van der Waals surface area (Å²) in [5.41, 5.74) is 1.95. The molecule has 116 valence electrons. The van der Waals surface area contributed by atoms with Crippen LogP contribution >= 0.6 is 0 Å². The van der Waals surface area contributed by atoms with Crippen LogP contribution in [0.3, 0.4) is 0 Å². The van der Waals surface area contributed by atoms with E-state index in [1.54, 1.807) is 18.9 Å². The zero-order valence-corrected chi connectivity index (χ0v) is 13.2. The first-order valence-corrected chi connectivity index (χ1v) is 7.16. The third-order valence-electron chi connectivity index (χ3n) is 2.95. The smallest absolute Gasteiger partial charge is 0.320 e. The summed E-state index contributed by atoms with van der Waals surface area (Å²) in [5.74, 6) is -0.0642. The van der Waals surface area contributed by atoms with Gasteiger partial charge in [0, 0.05) is 5.69 Å². The van der Waals surface area contributed by atoms with Crippen molar-refractivity contribution < 1.29 is 14.3 Å². The summed E-state index contributed by atoms with van der Waals surface area (Å²) in [5, 5.41) is 2.84. The van der Waals surface area contributed by atoms with Gasteiger partial charge in [-0.1, -0.05) is 26.0 Å². The highest BCUT2D eigenvalue weighted by Crippen LogP contribution is 2.18. The molecule has 5 nitrogen and oxygen atoms in total. The predicted molar refractivity (Wildman–Crippen MR) is 83.3 cm³/mol. The maximum atomic E-state index is 11.9. The maximum Gasteiger partial charge on any atom is 0.320 e. The first-order chi connectivity index (χ1) is 9.92. The van der Waals surface area contributed by atoms with E-state index < -0.39 is 0 Å². The highest BCUT2D eigenvalue weighted by Gasteiger charge is 2.11. The SMILES string of the molecule is CCOC(=O)CN(C)CC(=O)Nc1cccc(C(C)C)c1. The van der Waals surface area contributed by atoms with E-state index >= 15 is 0 Å². The third kappa shape index (κ3) is 6.40. The molecule has 0 atom stereocenters. The van der Waals surface area contributed by atoms with Crippen molar-refractivity contribution in [3.05, 3.63) is 29.8 Å². The van der Waals surface area contributed by atoms with Crippen molar-refractivity contribution in [3.8, 4) is 0 Å². The average Bonchev–Trinajstić information content (AvgIpc) is 2.38. The molecule has 1 aromatic rings. The minimum absolute atomic E-state index is 0.104. The molecule has 5 heteroatoms. The van der Waals surface area contributed by atoms with E-state index in [4.69, 9.17) is 4.74 Å². The van der Waals surface area contributed by atoms with Gasteiger partial charge in [0.15, 0.2) is 0 Å². The number of hydrogen-bond donors (Lipinski definition) is 1.